The van der Waals surface area contributed by atoms with Crippen LogP contribution in [0.15, 0.2) is 53.4 Å². The van der Waals surface area contributed by atoms with Crippen molar-refractivity contribution in [2.24, 2.45) is 0 Å². The fraction of sp³-hybridized carbons (Fsp3) is 0.304. The summed E-state index contributed by atoms with van der Waals surface area (Å²) < 4.78 is 43.9. The zero-order chi connectivity index (χ0) is 23.4. The third-order valence-corrected chi connectivity index (χ3v) is 7.25. The zero-order valence-corrected chi connectivity index (χ0v) is 19.6. The summed E-state index contributed by atoms with van der Waals surface area (Å²) in [6.45, 7) is 3.34. The number of sulfonamides is 1. The fourth-order valence-corrected chi connectivity index (χ4v) is 5.16. The summed E-state index contributed by atoms with van der Waals surface area (Å²) in [7, 11) is -0.682. The van der Waals surface area contributed by atoms with Gasteiger partial charge in [-0.3, -0.25) is 0 Å². The van der Waals surface area contributed by atoms with Gasteiger partial charge in [-0.2, -0.15) is 4.31 Å². The number of methoxy groups -OCH3 is 2. The zero-order valence-electron chi connectivity index (χ0n) is 18.7. The number of anilines is 2. The molecule has 1 aromatic heterocycles. The molecule has 0 spiro atoms. The lowest BCUT2D eigenvalue weighted by Crippen LogP contribution is -2.40. The van der Waals surface area contributed by atoms with Gasteiger partial charge in [-0.05, 0) is 55.0 Å². The third kappa shape index (κ3) is 4.92. The molecular formula is C23H26N4O5S. The summed E-state index contributed by atoms with van der Waals surface area (Å²) in [5.41, 5.74) is 3.02. The molecule has 0 saturated carbocycles. The van der Waals surface area contributed by atoms with Gasteiger partial charge in [0.15, 0.2) is 5.82 Å². The van der Waals surface area contributed by atoms with Gasteiger partial charge >= 0.3 is 0 Å². The number of hydrogen-bond donors (Lipinski definition) is 1. The average Bonchev–Trinajstić information content (AvgIpc) is 2.85. The number of nitrogens with zero attached hydrogens (tertiary/aromatic N) is 3. The molecule has 0 amide bonds. The van der Waals surface area contributed by atoms with Gasteiger partial charge in [-0.25, -0.2) is 8.42 Å². The lowest BCUT2D eigenvalue weighted by molar-refractivity contribution is 0.0729. The first-order valence-corrected chi connectivity index (χ1v) is 11.9. The van der Waals surface area contributed by atoms with Crippen molar-refractivity contribution in [1.29, 1.82) is 0 Å². The molecule has 1 fully saturated rings. The van der Waals surface area contributed by atoms with Gasteiger partial charge in [-0.1, -0.05) is 6.07 Å². The largest absolute Gasteiger partial charge is 0.495 e. The van der Waals surface area contributed by atoms with Crippen molar-refractivity contribution in [3.8, 4) is 22.8 Å². The Morgan fingerprint density at radius 2 is 1.67 bits per heavy atom. The fourth-order valence-electron chi connectivity index (χ4n) is 3.57. The molecule has 0 atom stereocenters. The van der Waals surface area contributed by atoms with Gasteiger partial charge in [0, 0.05) is 18.7 Å². The first-order valence-electron chi connectivity index (χ1n) is 10.4. The minimum Gasteiger partial charge on any atom is -0.495 e. The number of ether oxygens (including phenoxy) is 3. The Bertz CT molecular complexity index is 1230. The highest BCUT2D eigenvalue weighted by Crippen LogP contribution is 2.32. The maximum absolute atomic E-state index is 13.2. The second-order valence-corrected chi connectivity index (χ2v) is 9.42. The maximum atomic E-state index is 13.2. The van der Waals surface area contributed by atoms with Gasteiger partial charge in [0.25, 0.3) is 0 Å². The van der Waals surface area contributed by atoms with Crippen molar-refractivity contribution in [3.05, 3.63) is 54.1 Å². The summed E-state index contributed by atoms with van der Waals surface area (Å²) >= 11 is 0. The Hall–Kier alpha value is -3.21. The van der Waals surface area contributed by atoms with Gasteiger partial charge in [0.1, 0.15) is 16.4 Å². The summed E-state index contributed by atoms with van der Waals surface area (Å²) in [5, 5.41) is 11.8. The number of rotatable bonds is 7. The molecule has 3 aromatic rings. The summed E-state index contributed by atoms with van der Waals surface area (Å²) in [6.07, 6.45) is 0. The Balaban J connectivity index is 1.62. The third-order valence-electron chi connectivity index (χ3n) is 5.33. The van der Waals surface area contributed by atoms with Crippen molar-refractivity contribution in [3.63, 3.8) is 0 Å². The maximum Gasteiger partial charge on any atom is 0.246 e. The average molecular weight is 471 g/mol. The molecule has 33 heavy (non-hydrogen) atoms. The van der Waals surface area contributed by atoms with E-state index >= 15 is 0 Å². The Kier molecular flexibility index (Phi) is 6.77. The van der Waals surface area contributed by atoms with E-state index in [1.165, 1.54) is 11.4 Å². The molecular weight excluding hydrogens is 444 g/mol. The summed E-state index contributed by atoms with van der Waals surface area (Å²) in [4.78, 5) is 0.0953. The van der Waals surface area contributed by atoms with E-state index in [0.29, 0.717) is 49.1 Å². The monoisotopic (exact) mass is 470 g/mol. The first-order chi connectivity index (χ1) is 15.9. The normalized spacial score (nSPS) is 14.6. The van der Waals surface area contributed by atoms with Crippen LogP contribution in [0, 0.1) is 6.92 Å². The van der Waals surface area contributed by atoms with Crippen molar-refractivity contribution in [2.45, 2.75) is 11.8 Å². The lowest BCUT2D eigenvalue weighted by atomic mass is 10.1. The molecule has 0 unspecified atom stereocenters. The lowest BCUT2D eigenvalue weighted by Gasteiger charge is -2.26. The number of nitrogens with one attached hydrogen (secondary N) is 1. The van der Waals surface area contributed by atoms with E-state index in [-0.39, 0.29) is 10.6 Å². The molecule has 0 bridgehead atoms. The number of morpholine rings is 1. The van der Waals surface area contributed by atoms with Crippen LogP contribution in [-0.4, -0.2) is 63.4 Å². The molecule has 174 valence electrons. The van der Waals surface area contributed by atoms with Gasteiger partial charge in [0.05, 0.1) is 38.8 Å². The second-order valence-electron chi connectivity index (χ2n) is 7.51. The molecule has 2 heterocycles. The minimum absolute atomic E-state index is 0.0953. The molecule has 2 aromatic carbocycles. The Morgan fingerprint density at radius 3 is 2.33 bits per heavy atom. The van der Waals surface area contributed by atoms with Crippen molar-refractivity contribution >= 4 is 21.5 Å². The summed E-state index contributed by atoms with van der Waals surface area (Å²) in [6, 6.07) is 14.3. The molecule has 1 saturated heterocycles. The van der Waals surface area contributed by atoms with E-state index in [1.54, 1.807) is 37.4 Å². The Labute approximate surface area is 193 Å². The molecule has 9 nitrogen and oxygen atoms in total. The van der Waals surface area contributed by atoms with E-state index in [1.807, 2.05) is 25.1 Å². The van der Waals surface area contributed by atoms with E-state index in [4.69, 9.17) is 14.2 Å². The number of aryl methyl sites for hydroxylation is 1. The van der Waals surface area contributed by atoms with E-state index in [2.05, 4.69) is 15.5 Å². The van der Waals surface area contributed by atoms with Crippen LogP contribution >= 0.6 is 0 Å². The van der Waals surface area contributed by atoms with Gasteiger partial charge < -0.3 is 19.5 Å². The number of benzene rings is 2. The van der Waals surface area contributed by atoms with Crippen LogP contribution < -0.4 is 14.8 Å². The molecule has 1 N–H and O–H groups in total. The minimum atomic E-state index is -3.74. The van der Waals surface area contributed by atoms with Gasteiger partial charge in [-0.15, -0.1) is 10.2 Å². The molecule has 10 heteroatoms. The van der Waals surface area contributed by atoms with Crippen LogP contribution in [0.3, 0.4) is 0 Å². The standard InChI is InChI=1S/C23H26N4O5S/c1-16-4-7-20(30-2)19(14-16)24-23-9-6-18(25-26-23)17-5-8-21(31-3)22(15-17)33(28,29)27-10-12-32-13-11-27/h4-9,14-15H,10-13H2,1-3H3,(H,24,26). The predicted molar refractivity (Wildman–Crippen MR) is 125 cm³/mol. The van der Waals surface area contributed by atoms with E-state index in [9.17, 15) is 8.42 Å². The summed E-state index contributed by atoms with van der Waals surface area (Å²) in [5.74, 6) is 1.51. The number of hydrogen-bond acceptors (Lipinski definition) is 8. The van der Waals surface area contributed by atoms with Crippen LogP contribution in [0.25, 0.3) is 11.3 Å². The molecule has 1 aliphatic rings. The van der Waals surface area contributed by atoms with Crippen LogP contribution in [0.2, 0.25) is 0 Å². The van der Waals surface area contributed by atoms with Gasteiger partial charge in [0.2, 0.25) is 10.0 Å². The van der Waals surface area contributed by atoms with Crippen molar-refractivity contribution < 1.29 is 22.6 Å². The quantitative estimate of drug-likeness (QED) is 0.561. The highest BCUT2D eigenvalue weighted by molar-refractivity contribution is 7.89. The van der Waals surface area contributed by atoms with Crippen molar-refractivity contribution in [2.75, 3.05) is 45.8 Å². The predicted octanol–water partition coefficient (Wildman–Crippen LogP) is 3.23. The van der Waals surface area contributed by atoms with Crippen LogP contribution in [-0.2, 0) is 14.8 Å². The smallest absolute Gasteiger partial charge is 0.246 e. The van der Waals surface area contributed by atoms with Crippen LogP contribution in [0.4, 0.5) is 11.5 Å². The van der Waals surface area contributed by atoms with Crippen LogP contribution in [0.5, 0.6) is 11.5 Å². The highest BCUT2D eigenvalue weighted by Gasteiger charge is 2.29. The van der Waals surface area contributed by atoms with Crippen LogP contribution in [0.1, 0.15) is 5.56 Å². The molecule has 4 rings (SSSR count). The molecule has 0 aliphatic carbocycles. The SMILES string of the molecule is COc1ccc(C)cc1Nc1ccc(-c2ccc(OC)c(S(=O)(=O)N3CCOCC3)c2)nn1. The van der Waals surface area contributed by atoms with E-state index in [0.717, 1.165) is 11.3 Å². The number of aromatic nitrogens is 2. The Morgan fingerprint density at radius 1 is 0.939 bits per heavy atom. The topological polar surface area (TPSA) is 103 Å². The van der Waals surface area contributed by atoms with Crippen molar-refractivity contribution in [1.82, 2.24) is 14.5 Å². The highest BCUT2D eigenvalue weighted by atomic mass is 32.2. The second kappa shape index (κ2) is 9.74. The first kappa shape index (κ1) is 23.0. The van der Waals surface area contributed by atoms with E-state index < -0.39 is 10.0 Å². The molecule has 1 aliphatic heterocycles. The molecule has 0 radical (unpaired) electrons.